The van der Waals surface area contributed by atoms with Crippen molar-refractivity contribution in [3.05, 3.63) is 208 Å². The second kappa shape index (κ2) is 41.1. The molecule has 0 radical (unpaired) electrons. The monoisotopic (exact) mass is 2100 g/mol. The van der Waals surface area contributed by atoms with Crippen LogP contribution in [0, 0.1) is 68.2 Å². The van der Waals surface area contributed by atoms with Crippen LogP contribution in [-0.4, -0.2) is 192 Å². The average molecular weight is 2100 g/mol. The number of hydrogen-bond acceptors (Lipinski definition) is 24. The Kier molecular flexibility index (Phi) is 31.0. The number of alkyl halides is 4. The van der Waals surface area contributed by atoms with Crippen molar-refractivity contribution in [2.75, 3.05) is 59.2 Å². The molecular formula is C96H104F12N12O20S4. The molecular weight excluding hydrogens is 2000 g/mol. The van der Waals surface area contributed by atoms with Gasteiger partial charge in [-0.2, -0.15) is 8.78 Å². The molecule has 0 spiro atoms. The molecule has 0 aliphatic carbocycles. The van der Waals surface area contributed by atoms with Gasteiger partial charge in [-0.1, -0.05) is 27.7 Å². The second-order valence-electron chi connectivity index (χ2n) is 39.1. The van der Waals surface area contributed by atoms with Gasteiger partial charge in [-0.3, -0.25) is 55.7 Å². The second-order valence-corrected chi connectivity index (χ2v) is 47.8. The molecule has 776 valence electrons. The van der Waals surface area contributed by atoms with Gasteiger partial charge in [0.05, 0.1) is 167 Å². The number of fused-ring (bicyclic) bond motifs is 4. The zero-order chi connectivity index (χ0) is 106. The Morgan fingerprint density at radius 1 is 0.333 bits per heavy atom. The Hall–Kier alpha value is -12.6. The number of ketones is 4. The van der Waals surface area contributed by atoms with Crippen LogP contribution in [0.5, 0.6) is 23.5 Å². The molecule has 48 heteroatoms. The minimum absolute atomic E-state index is 0.0143. The van der Waals surface area contributed by atoms with E-state index in [-0.39, 0.29) is 205 Å². The first kappa shape index (κ1) is 109. The van der Waals surface area contributed by atoms with Crippen molar-refractivity contribution >= 4 is 107 Å². The molecule has 0 saturated carbocycles. The molecule has 0 amide bonds. The number of nitrogens with zero attached hydrogens (tertiary/aromatic N) is 12. The number of halogens is 12. The number of carbonyl (C=O) groups excluding carboxylic acids is 4. The van der Waals surface area contributed by atoms with Gasteiger partial charge in [0.2, 0.25) is 29.9 Å². The standard InChI is InChI=1S/C26H30F3N3O5S.C24H25F4N3O5S.C23H24F3N3O5S.C23H25F2N3O5S/c1-15(2)31-21-9-17(23(33)12-26(4)5-7-38(35,36)8-6-26)18(28)10-22(21)32(25(31)34)20-11-24(30-13-19(20)29)37-14-16(3)27;1-13(2)30-18-8-14(20(32)11-24(3)4-6-37(34,35)7-5-24)15(25)9-19(18)31(23(30)33)17-10-21(36-22(27)28)29-12-16(17)26;1-12(2)28-18-5-14(20(30)8-23(4)10-35(32,33)11-23)15(25)6-19(18)29(22(28)31)17-7-21(34-13(3)24)27-9-16(17)26;1-5-33-21-8-17(16(25)10-26-21)28-19-7-15(24)14(6-18(19)27(13(2)3)22(28)30)20(29)9-23(4)11-34(31,32)12-23/h9-11,13,15-16H,5-8,12,14H2,1-4H3;8-10,12-13,22H,4-7,11H2,1-3H3;5-7,9,12-13H,8,10-11H2,1-4H3;6-8,10,13H,5,9,11-12H2,1-4H3. The summed E-state index contributed by atoms with van der Waals surface area (Å²) in [6, 6.07) is 11.4. The van der Waals surface area contributed by atoms with E-state index in [9.17, 15) is 107 Å². The molecule has 12 aromatic rings. The maximum atomic E-state index is 15.4. The van der Waals surface area contributed by atoms with Gasteiger partial charge in [0.1, 0.15) is 55.7 Å². The van der Waals surface area contributed by atoms with Crippen molar-refractivity contribution in [2.45, 2.75) is 199 Å². The molecule has 0 N–H and O–H groups in total. The van der Waals surface area contributed by atoms with Crippen molar-refractivity contribution < 1.29 is 124 Å². The number of ether oxygens (including phenoxy) is 4. The van der Waals surface area contributed by atoms with Gasteiger partial charge in [-0.05, 0) is 130 Å². The van der Waals surface area contributed by atoms with E-state index >= 15 is 17.6 Å². The number of sulfone groups is 4. The highest BCUT2D eigenvalue weighted by atomic mass is 32.2. The molecule has 4 fully saturated rings. The van der Waals surface area contributed by atoms with Gasteiger partial charge in [0.25, 0.3) is 0 Å². The summed E-state index contributed by atoms with van der Waals surface area (Å²) >= 11 is 0. The topological polar surface area (TPSA) is 401 Å². The van der Waals surface area contributed by atoms with Gasteiger partial charge in [-0.25, -0.2) is 117 Å². The fraction of sp³-hybridized carbons (Fsp3) is 0.458. The highest BCUT2D eigenvalue weighted by molar-refractivity contribution is 7.93. The number of aromatic nitrogens is 12. The van der Waals surface area contributed by atoms with Crippen molar-refractivity contribution in [2.24, 2.45) is 21.7 Å². The van der Waals surface area contributed by atoms with Crippen LogP contribution in [0.1, 0.15) is 221 Å². The lowest BCUT2D eigenvalue weighted by atomic mass is 9.78. The normalized spacial score (nSPS) is 17.1. The Bertz CT molecular complexity index is 7870. The summed E-state index contributed by atoms with van der Waals surface area (Å²) in [6.07, 6.45) is 0.743. The molecule has 4 saturated heterocycles. The largest absolute Gasteiger partial charge is 0.478 e. The molecule has 12 heterocycles. The van der Waals surface area contributed by atoms with Crippen LogP contribution in [-0.2, 0) is 39.3 Å². The number of imidazole rings is 4. The number of rotatable bonds is 29. The quantitative estimate of drug-likeness (QED) is 0.0310. The highest BCUT2D eigenvalue weighted by Crippen LogP contribution is 2.44. The van der Waals surface area contributed by atoms with Crippen molar-refractivity contribution in [1.29, 1.82) is 0 Å². The molecule has 16 rings (SSSR count). The number of benzene rings is 4. The summed E-state index contributed by atoms with van der Waals surface area (Å²) in [7, 11) is -12.7. The molecule has 4 aliphatic rings. The van der Waals surface area contributed by atoms with E-state index in [2.05, 4.69) is 24.7 Å². The van der Waals surface area contributed by atoms with E-state index in [1.54, 1.807) is 83.1 Å². The van der Waals surface area contributed by atoms with Crippen LogP contribution >= 0.6 is 0 Å². The Balaban J connectivity index is 0.000000161. The van der Waals surface area contributed by atoms with Gasteiger partial charge < -0.3 is 18.9 Å². The van der Waals surface area contributed by atoms with Gasteiger partial charge >= 0.3 is 29.4 Å². The molecule has 32 nitrogen and oxygen atoms in total. The Morgan fingerprint density at radius 3 is 0.812 bits per heavy atom. The van der Waals surface area contributed by atoms with Gasteiger partial charge in [-0.15, -0.1) is 0 Å². The van der Waals surface area contributed by atoms with E-state index in [4.69, 9.17) is 14.2 Å². The molecule has 0 bridgehead atoms. The third kappa shape index (κ3) is 23.2. The minimum atomic E-state index is -3.24. The predicted molar refractivity (Wildman–Crippen MR) is 509 cm³/mol. The average Bonchev–Trinajstić information content (AvgIpc) is 1.64. The maximum Gasteiger partial charge on any atom is 0.388 e. The first-order chi connectivity index (χ1) is 67.0. The summed E-state index contributed by atoms with van der Waals surface area (Å²) in [5.74, 6) is -11.2. The molecule has 8 aromatic heterocycles. The van der Waals surface area contributed by atoms with E-state index in [0.29, 0.717) is 19.0 Å². The fourth-order valence-corrected chi connectivity index (χ4v) is 26.6. The summed E-state index contributed by atoms with van der Waals surface area (Å²) < 4.78 is 294. The van der Waals surface area contributed by atoms with Gasteiger partial charge in [0, 0.05) is 116 Å². The number of pyridine rings is 4. The third-order valence-corrected chi connectivity index (χ3v) is 33.1. The first-order valence-electron chi connectivity index (χ1n) is 45.6. The fourth-order valence-electron chi connectivity index (χ4n) is 18.5. The minimum Gasteiger partial charge on any atom is -0.478 e. The van der Waals surface area contributed by atoms with E-state index < -0.39 is 202 Å². The van der Waals surface area contributed by atoms with Crippen LogP contribution in [0.2, 0.25) is 0 Å². The summed E-state index contributed by atoms with van der Waals surface area (Å²) in [6.45, 7) is 21.4. The lowest BCUT2D eigenvalue weighted by Crippen LogP contribution is -2.47. The van der Waals surface area contributed by atoms with Crippen LogP contribution in [0.4, 0.5) is 52.7 Å². The molecule has 2 atom stereocenters. The van der Waals surface area contributed by atoms with Gasteiger partial charge in [0.15, 0.2) is 66.1 Å². The molecule has 144 heavy (non-hydrogen) atoms. The summed E-state index contributed by atoms with van der Waals surface area (Å²) in [4.78, 5) is 120. The smallest absolute Gasteiger partial charge is 0.388 e. The summed E-state index contributed by atoms with van der Waals surface area (Å²) in [5, 5.41) is 0. The van der Waals surface area contributed by atoms with Crippen molar-refractivity contribution in [3.63, 3.8) is 0 Å². The first-order valence-corrected chi connectivity index (χ1v) is 52.9. The number of carbonyl (C=O) groups is 4. The number of hydrogen-bond donors (Lipinski definition) is 0. The molecule has 4 aliphatic heterocycles. The molecule has 4 aromatic carbocycles. The van der Waals surface area contributed by atoms with E-state index in [0.717, 1.165) is 86.2 Å². The van der Waals surface area contributed by atoms with E-state index in [1.165, 1.54) is 55.5 Å². The lowest BCUT2D eigenvalue weighted by Gasteiger charge is -2.37. The zero-order valence-electron chi connectivity index (χ0n) is 80.7. The SMILES string of the molecule is CC(C)n1c(=O)n(-c2cc(OC(F)F)ncc2F)c2cc(F)c(C(=O)CC3(C)CCS(=O)(=O)CC3)cc21.CC(F)COc1cc(-n2c(=O)n(C(C)C)c3cc(C(=O)CC4(C)CCS(=O)(=O)CC4)c(F)cc32)c(F)cn1.CC(F)Oc1cc(-n2c(=O)n(C(C)C)c3cc(C(=O)CC4(C)CS(=O)(=O)C4)c(F)cc32)c(F)cn1.CCOc1cc(-n2c(=O)n(C(C)C)c3cc(C(=O)CC4(C)CS(=O)(=O)C4)c(F)cc32)c(F)cn1. The molecule has 2 unspecified atom stereocenters. The number of Topliss-reactive ketones (excluding diaryl/α,β-unsaturated/α-hetero) is 4. The Labute approximate surface area is 817 Å². The van der Waals surface area contributed by atoms with Crippen LogP contribution in [0.25, 0.3) is 66.9 Å². The van der Waals surface area contributed by atoms with Crippen molar-refractivity contribution in [1.82, 2.24) is 56.5 Å². The zero-order valence-corrected chi connectivity index (χ0v) is 84.0. The van der Waals surface area contributed by atoms with Crippen LogP contribution in [0.15, 0.2) is 117 Å². The van der Waals surface area contributed by atoms with E-state index in [1.807, 2.05) is 6.92 Å². The van der Waals surface area contributed by atoms with Crippen LogP contribution < -0.4 is 41.7 Å². The predicted octanol–water partition coefficient (Wildman–Crippen LogP) is 16.2. The Morgan fingerprint density at radius 2 is 0.576 bits per heavy atom. The van der Waals surface area contributed by atoms with Crippen molar-refractivity contribution in [3.8, 4) is 46.3 Å². The maximum absolute atomic E-state index is 15.4. The highest BCUT2D eigenvalue weighted by Gasteiger charge is 2.48. The summed E-state index contributed by atoms with van der Waals surface area (Å²) in [5.41, 5.74) is -7.00. The third-order valence-electron chi connectivity index (χ3n) is 25.3. The lowest BCUT2D eigenvalue weighted by molar-refractivity contribution is -0.0529. The van der Waals surface area contributed by atoms with Crippen LogP contribution in [0.3, 0.4) is 0 Å².